The van der Waals surface area contributed by atoms with Gasteiger partial charge in [-0.25, -0.2) is 4.98 Å². The molecule has 0 atom stereocenters. The van der Waals surface area contributed by atoms with Gasteiger partial charge in [0.1, 0.15) is 0 Å². The molecular weight excluding hydrogens is 378 g/mol. The summed E-state index contributed by atoms with van der Waals surface area (Å²) in [7, 11) is 3.36. The second kappa shape index (κ2) is 6.71. The molecule has 30 heavy (non-hydrogen) atoms. The highest BCUT2D eigenvalue weighted by atomic mass is 16.5. The van der Waals surface area contributed by atoms with Gasteiger partial charge in [-0.15, -0.1) is 0 Å². The number of carbonyl (C=O) groups excluding carboxylic acids is 1. The van der Waals surface area contributed by atoms with Crippen molar-refractivity contribution in [3.05, 3.63) is 66.0 Å². The Morgan fingerprint density at radius 1 is 1.13 bits per heavy atom. The van der Waals surface area contributed by atoms with Gasteiger partial charge in [-0.2, -0.15) is 10.2 Å². The van der Waals surface area contributed by atoms with E-state index in [9.17, 15) is 4.79 Å². The zero-order valence-corrected chi connectivity index (χ0v) is 16.5. The topological polar surface area (TPSA) is 83.5 Å². The number of imidazole rings is 1. The SMILES string of the molecule is COc1nc(-c2ccc(C#N)cc2)c(-c2ccc3c(c2)CC(=O)N3C)c2nccn12. The van der Waals surface area contributed by atoms with E-state index in [1.807, 2.05) is 30.3 Å². The molecule has 5 rings (SSSR count). The molecule has 1 aliphatic heterocycles. The highest BCUT2D eigenvalue weighted by Gasteiger charge is 2.26. The van der Waals surface area contributed by atoms with Gasteiger partial charge in [0.25, 0.3) is 0 Å². The maximum absolute atomic E-state index is 12.1. The molecule has 0 fully saturated rings. The first-order valence-electron chi connectivity index (χ1n) is 9.42. The van der Waals surface area contributed by atoms with E-state index in [-0.39, 0.29) is 5.91 Å². The van der Waals surface area contributed by atoms with E-state index in [1.54, 1.807) is 48.0 Å². The van der Waals surface area contributed by atoms with Crippen LogP contribution in [-0.4, -0.2) is 34.4 Å². The second-order valence-corrected chi connectivity index (χ2v) is 7.11. The smallest absolute Gasteiger partial charge is 0.302 e. The van der Waals surface area contributed by atoms with Gasteiger partial charge in [0, 0.05) is 30.7 Å². The van der Waals surface area contributed by atoms with Gasteiger partial charge in [0.15, 0.2) is 5.65 Å². The number of carbonyl (C=O) groups is 1. The first kappa shape index (κ1) is 17.9. The normalized spacial score (nSPS) is 12.8. The van der Waals surface area contributed by atoms with E-state index < -0.39 is 0 Å². The molecule has 1 aliphatic rings. The lowest BCUT2D eigenvalue weighted by atomic mass is 9.97. The van der Waals surface area contributed by atoms with Gasteiger partial charge in [0.05, 0.1) is 36.4 Å². The summed E-state index contributed by atoms with van der Waals surface area (Å²) < 4.78 is 7.29. The fraction of sp³-hybridized carbons (Fsp3) is 0.130. The van der Waals surface area contributed by atoms with E-state index in [0.717, 1.165) is 27.9 Å². The number of fused-ring (bicyclic) bond motifs is 2. The van der Waals surface area contributed by atoms with Crippen molar-refractivity contribution < 1.29 is 9.53 Å². The van der Waals surface area contributed by atoms with E-state index >= 15 is 0 Å². The van der Waals surface area contributed by atoms with Crippen LogP contribution in [0.2, 0.25) is 0 Å². The number of rotatable bonds is 3. The van der Waals surface area contributed by atoms with Crippen LogP contribution >= 0.6 is 0 Å². The van der Waals surface area contributed by atoms with Gasteiger partial charge >= 0.3 is 6.01 Å². The minimum Gasteiger partial charge on any atom is -0.468 e. The van der Waals surface area contributed by atoms with Gasteiger partial charge in [0.2, 0.25) is 5.91 Å². The zero-order chi connectivity index (χ0) is 20.8. The third kappa shape index (κ3) is 2.62. The number of nitriles is 1. The second-order valence-electron chi connectivity index (χ2n) is 7.11. The molecule has 1 amide bonds. The molecule has 0 spiro atoms. The predicted molar refractivity (Wildman–Crippen MR) is 112 cm³/mol. The molecular formula is C23H17N5O2. The predicted octanol–water partition coefficient (Wildman–Crippen LogP) is 3.46. The number of methoxy groups -OCH3 is 1. The average molecular weight is 395 g/mol. The van der Waals surface area contributed by atoms with Crippen molar-refractivity contribution in [3.63, 3.8) is 0 Å². The van der Waals surface area contributed by atoms with Crippen LogP contribution in [0.4, 0.5) is 5.69 Å². The lowest BCUT2D eigenvalue weighted by Crippen LogP contribution is -2.20. The monoisotopic (exact) mass is 395 g/mol. The molecule has 0 bridgehead atoms. The van der Waals surface area contributed by atoms with Crippen LogP contribution < -0.4 is 9.64 Å². The number of amides is 1. The molecule has 146 valence electrons. The molecule has 0 saturated heterocycles. The molecule has 0 N–H and O–H groups in total. The molecule has 0 unspecified atom stereocenters. The third-order valence-electron chi connectivity index (χ3n) is 5.43. The molecule has 7 heteroatoms. The Hall–Kier alpha value is -4.18. The van der Waals surface area contributed by atoms with Crippen molar-refractivity contribution in [3.8, 4) is 34.5 Å². The first-order valence-corrected chi connectivity index (χ1v) is 9.42. The standard InChI is InChI=1S/C23H17N5O2/c1-27-18-8-7-16(11-17(18)12-19(27)29)20-21(15-5-3-14(13-24)4-6-15)26-23(30-2)28-10-9-25-22(20)28/h3-11H,12H2,1-2H3. The van der Waals surface area contributed by atoms with Crippen LogP contribution in [0.1, 0.15) is 11.1 Å². The Morgan fingerprint density at radius 3 is 2.63 bits per heavy atom. The summed E-state index contributed by atoms with van der Waals surface area (Å²) in [6, 6.07) is 15.8. The number of benzene rings is 2. The lowest BCUT2D eigenvalue weighted by Gasteiger charge is -2.15. The van der Waals surface area contributed by atoms with Crippen LogP contribution in [0.25, 0.3) is 28.0 Å². The van der Waals surface area contributed by atoms with Crippen LogP contribution in [0.15, 0.2) is 54.9 Å². The zero-order valence-electron chi connectivity index (χ0n) is 16.5. The largest absolute Gasteiger partial charge is 0.468 e. The number of aromatic nitrogens is 3. The molecule has 2 aromatic carbocycles. The Kier molecular flexibility index (Phi) is 4.00. The fourth-order valence-electron chi connectivity index (χ4n) is 3.90. The quantitative estimate of drug-likeness (QED) is 0.530. The maximum atomic E-state index is 12.1. The molecule has 0 aliphatic carbocycles. The van der Waals surface area contributed by atoms with Crippen molar-refractivity contribution in [1.82, 2.24) is 14.4 Å². The van der Waals surface area contributed by atoms with Crippen molar-refractivity contribution in [1.29, 1.82) is 5.26 Å². The fourth-order valence-corrected chi connectivity index (χ4v) is 3.90. The van der Waals surface area contributed by atoms with Crippen molar-refractivity contribution in [2.24, 2.45) is 0 Å². The van der Waals surface area contributed by atoms with E-state index in [2.05, 4.69) is 11.1 Å². The van der Waals surface area contributed by atoms with Crippen LogP contribution in [-0.2, 0) is 11.2 Å². The number of hydrogen-bond acceptors (Lipinski definition) is 5. The highest BCUT2D eigenvalue weighted by molar-refractivity contribution is 6.02. The van der Waals surface area contributed by atoms with Crippen LogP contribution in [0, 0.1) is 11.3 Å². The molecule has 3 heterocycles. The van der Waals surface area contributed by atoms with Crippen LogP contribution in [0.3, 0.4) is 0 Å². The van der Waals surface area contributed by atoms with Crippen molar-refractivity contribution in [2.75, 3.05) is 19.1 Å². The molecule has 4 aromatic rings. The lowest BCUT2D eigenvalue weighted by molar-refractivity contribution is -0.117. The average Bonchev–Trinajstić information content (AvgIpc) is 3.37. The van der Waals surface area contributed by atoms with Crippen molar-refractivity contribution in [2.45, 2.75) is 6.42 Å². The Balaban J connectivity index is 1.79. The number of likely N-dealkylation sites (N-methyl/N-ethyl adjacent to an activating group) is 1. The maximum Gasteiger partial charge on any atom is 0.302 e. The number of ether oxygens (including phenoxy) is 1. The molecule has 7 nitrogen and oxygen atoms in total. The summed E-state index contributed by atoms with van der Waals surface area (Å²) in [5.74, 6) is 0.0771. The summed E-state index contributed by atoms with van der Waals surface area (Å²) in [6.45, 7) is 0. The minimum atomic E-state index is 0.0771. The summed E-state index contributed by atoms with van der Waals surface area (Å²) >= 11 is 0. The molecule has 2 aromatic heterocycles. The number of hydrogen-bond donors (Lipinski definition) is 0. The first-order chi connectivity index (χ1) is 14.6. The van der Waals surface area contributed by atoms with E-state index in [4.69, 9.17) is 15.0 Å². The number of anilines is 1. The van der Waals surface area contributed by atoms with E-state index in [0.29, 0.717) is 29.3 Å². The molecule has 0 radical (unpaired) electrons. The van der Waals surface area contributed by atoms with Gasteiger partial charge in [-0.3, -0.25) is 9.20 Å². The highest BCUT2D eigenvalue weighted by Crippen LogP contribution is 2.39. The van der Waals surface area contributed by atoms with Gasteiger partial charge in [-0.1, -0.05) is 18.2 Å². The van der Waals surface area contributed by atoms with Gasteiger partial charge < -0.3 is 9.64 Å². The third-order valence-corrected chi connectivity index (χ3v) is 5.43. The Morgan fingerprint density at radius 2 is 1.90 bits per heavy atom. The summed E-state index contributed by atoms with van der Waals surface area (Å²) in [6.07, 6.45) is 3.88. The summed E-state index contributed by atoms with van der Waals surface area (Å²) in [4.78, 5) is 23.1. The summed E-state index contributed by atoms with van der Waals surface area (Å²) in [5.41, 5.74) is 6.50. The Labute approximate surface area is 172 Å². The molecule has 0 saturated carbocycles. The van der Waals surface area contributed by atoms with E-state index in [1.165, 1.54) is 0 Å². The minimum absolute atomic E-state index is 0.0771. The van der Waals surface area contributed by atoms with Crippen LogP contribution in [0.5, 0.6) is 6.01 Å². The van der Waals surface area contributed by atoms with Crippen molar-refractivity contribution >= 4 is 17.2 Å². The number of nitrogens with zero attached hydrogens (tertiary/aromatic N) is 5. The summed E-state index contributed by atoms with van der Waals surface area (Å²) in [5, 5.41) is 9.13. The van der Waals surface area contributed by atoms with Gasteiger partial charge in [-0.05, 0) is 35.4 Å². The Bertz CT molecular complexity index is 1350.